The van der Waals surface area contributed by atoms with Gasteiger partial charge in [-0.25, -0.2) is 9.78 Å². The lowest BCUT2D eigenvalue weighted by Crippen LogP contribution is -2.21. The Balaban J connectivity index is 1.55. The fraction of sp³-hybridized carbons (Fsp3) is 0.167. The van der Waals surface area contributed by atoms with Crippen LogP contribution in [0.4, 0.5) is 5.13 Å². The molecule has 8 heteroatoms. The molecule has 2 aromatic heterocycles. The zero-order chi connectivity index (χ0) is 18.5. The van der Waals surface area contributed by atoms with Gasteiger partial charge in [0.05, 0.1) is 12.8 Å². The third kappa shape index (κ3) is 4.09. The highest BCUT2D eigenvalue weighted by molar-refractivity contribution is 7.14. The summed E-state index contributed by atoms with van der Waals surface area (Å²) in [5, 5.41) is 4.91. The summed E-state index contributed by atoms with van der Waals surface area (Å²) in [6.45, 7) is -0.374. The smallest absolute Gasteiger partial charge is 0.355 e. The predicted octanol–water partition coefficient (Wildman–Crippen LogP) is 2.95. The molecule has 3 aromatic rings. The first-order chi connectivity index (χ1) is 12.6. The van der Waals surface area contributed by atoms with Gasteiger partial charge in [0.15, 0.2) is 11.7 Å². The summed E-state index contributed by atoms with van der Waals surface area (Å²) >= 11 is 1.30. The Morgan fingerprint density at radius 3 is 2.65 bits per heavy atom. The number of nitrogens with one attached hydrogen (secondary N) is 1. The molecule has 2 heterocycles. The fourth-order valence-corrected chi connectivity index (χ4v) is 2.99. The maximum Gasteiger partial charge on any atom is 0.355 e. The first-order valence-corrected chi connectivity index (χ1v) is 8.63. The Hall–Kier alpha value is -3.13. The van der Waals surface area contributed by atoms with Crippen LogP contribution < -0.4 is 10.1 Å². The summed E-state index contributed by atoms with van der Waals surface area (Å²) in [5.74, 6) is -0.230. The van der Waals surface area contributed by atoms with Crippen molar-refractivity contribution in [2.75, 3.05) is 19.0 Å². The van der Waals surface area contributed by atoms with Crippen LogP contribution in [0.5, 0.6) is 5.75 Å². The van der Waals surface area contributed by atoms with Crippen LogP contribution in [0.15, 0.2) is 48.0 Å². The number of esters is 1. The minimum atomic E-state index is -0.550. The Morgan fingerprint density at radius 2 is 2.00 bits per heavy atom. The number of carbonyl (C=O) groups is 2. The monoisotopic (exact) mass is 371 g/mol. The summed E-state index contributed by atoms with van der Waals surface area (Å²) in [5.41, 5.74) is 2.04. The second-order valence-electron chi connectivity index (χ2n) is 5.40. The normalized spacial score (nSPS) is 10.4. The molecule has 1 N–H and O–H groups in total. The van der Waals surface area contributed by atoms with Crippen molar-refractivity contribution in [3.8, 4) is 17.0 Å². The topological polar surface area (TPSA) is 82.5 Å². The summed E-state index contributed by atoms with van der Waals surface area (Å²) in [7, 11) is 3.34. The van der Waals surface area contributed by atoms with Crippen molar-refractivity contribution >= 4 is 28.3 Å². The van der Waals surface area contributed by atoms with Crippen molar-refractivity contribution in [3.63, 3.8) is 0 Å². The molecule has 0 atom stereocenters. The zero-order valence-corrected chi connectivity index (χ0v) is 15.1. The molecule has 0 radical (unpaired) electrons. The number of nitrogens with zero attached hydrogens (tertiary/aromatic N) is 2. The van der Waals surface area contributed by atoms with Gasteiger partial charge in [0.2, 0.25) is 0 Å². The summed E-state index contributed by atoms with van der Waals surface area (Å²) in [6.07, 6.45) is 1.73. The van der Waals surface area contributed by atoms with E-state index in [2.05, 4.69) is 10.3 Å². The molecule has 0 fully saturated rings. The van der Waals surface area contributed by atoms with E-state index in [-0.39, 0.29) is 6.61 Å². The highest BCUT2D eigenvalue weighted by Crippen LogP contribution is 2.26. The molecule has 0 unspecified atom stereocenters. The molecule has 0 spiro atoms. The third-order valence-electron chi connectivity index (χ3n) is 3.62. The molecule has 134 valence electrons. The molecule has 0 aliphatic heterocycles. The number of ether oxygens (including phenoxy) is 2. The van der Waals surface area contributed by atoms with Crippen LogP contribution in [-0.2, 0) is 16.6 Å². The molecule has 26 heavy (non-hydrogen) atoms. The van der Waals surface area contributed by atoms with Crippen molar-refractivity contribution in [2.45, 2.75) is 0 Å². The van der Waals surface area contributed by atoms with Crippen molar-refractivity contribution in [1.82, 2.24) is 9.55 Å². The quantitative estimate of drug-likeness (QED) is 0.674. The molecular weight excluding hydrogens is 354 g/mol. The van der Waals surface area contributed by atoms with Crippen LogP contribution in [0.1, 0.15) is 10.5 Å². The van der Waals surface area contributed by atoms with E-state index in [9.17, 15) is 9.59 Å². The van der Waals surface area contributed by atoms with Crippen LogP contribution in [0, 0.1) is 0 Å². The predicted molar refractivity (Wildman–Crippen MR) is 98.4 cm³/mol. The van der Waals surface area contributed by atoms with Crippen LogP contribution in [0.3, 0.4) is 0 Å². The number of anilines is 1. The van der Waals surface area contributed by atoms with Gasteiger partial charge in [0, 0.05) is 24.2 Å². The second-order valence-corrected chi connectivity index (χ2v) is 6.25. The van der Waals surface area contributed by atoms with Crippen molar-refractivity contribution < 1.29 is 19.1 Å². The van der Waals surface area contributed by atoms with Crippen molar-refractivity contribution in [1.29, 1.82) is 0 Å². The lowest BCUT2D eigenvalue weighted by Gasteiger charge is -2.05. The van der Waals surface area contributed by atoms with E-state index in [1.165, 1.54) is 11.3 Å². The Bertz CT molecular complexity index is 915. The average Bonchev–Trinajstić information content (AvgIpc) is 3.29. The van der Waals surface area contributed by atoms with E-state index in [0.717, 1.165) is 17.0 Å². The number of aryl methyl sites for hydroxylation is 1. The van der Waals surface area contributed by atoms with Gasteiger partial charge in [-0.1, -0.05) is 0 Å². The minimum Gasteiger partial charge on any atom is -0.497 e. The molecule has 0 aliphatic carbocycles. The summed E-state index contributed by atoms with van der Waals surface area (Å²) in [6, 6.07) is 10.8. The molecule has 3 rings (SSSR count). The number of hydrogen-bond acceptors (Lipinski definition) is 6. The van der Waals surface area contributed by atoms with E-state index in [1.807, 2.05) is 29.6 Å². The molecule has 0 aliphatic rings. The van der Waals surface area contributed by atoms with Crippen molar-refractivity contribution in [2.24, 2.45) is 7.05 Å². The van der Waals surface area contributed by atoms with Crippen LogP contribution in [0.25, 0.3) is 11.3 Å². The Kier molecular flexibility index (Phi) is 5.33. The first kappa shape index (κ1) is 17.7. The number of carbonyl (C=O) groups excluding carboxylic acids is 2. The maximum atomic E-state index is 12.0. The molecular formula is C18H17N3O4S. The number of benzene rings is 1. The molecule has 1 aromatic carbocycles. The molecule has 0 saturated heterocycles. The van der Waals surface area contributed by atoms with Gasteiger partial charge in [-0.15, -0.1) is 11.3 Å². The third-order valence-corrected chi connectivity index (χ3v) is 4.38. The molecule has 7 nitrogen and oxygen atoms in total. The van der Waals surface area contributed by atoms with Crippen molar-refractivity contribution in [3.05, 3.63) is 53.7 Å². The SMILES string of the molecule is COc1ccc(-c2csc(NC(=O)COC(=O)c3cccn3C)n2)cc1. The average molecular weight is 371 g/mol. The van der Waals surface area contributed by atoms with E-state index >= 15 is 0 Å². The van der Waals surface area contributed by atoms with E-state index < -0.39 is 11.9 Å². The van der Waals surface area contributed by atoms with Gasteiger partial charge in [-0.3, -0.25) is 10.1 Å². The number of thiazole rings is 1. The Labute approximate surface area is 154 Å². The summed E-state index contributed by atoms with van der Waals surface area (Å²) in [4.78, 5) is 28.2. The van der Waals surface area contributed by atoms with E-state index in [0.29, 0.717) is 10.8 Å². The molecule has 0 saturated carbocycles. The van der Waals surface area contributed by atoms with Gasteiger partial charge in [-0.05, 0) is 36.4 Å². The number of aromatic nitrogens is 2. The fourth-order valence-electron chi connectivity index (χ4n) is 2.26. The zero-order valence-electron chi connectivity index (χ0n) is 14.3. The van der Waals surface area contributed by atoms with Crippen LogP contribution in [0.2, 0.25) is 0 Å². The van der Waals surface area contributed by atoms with Gasteiger partial charge < -0.3 is 14.0 Å². The lowest BCUT2D eigenvalue weighted by atomic mass is 10.2. The number of methoxy groups -OCH3 is 1. The minimum absolute atomic E-state index is 0.374. The lowest BCUT2D eigenvalue weighted by molar-refractivity contribution is -0.119. The second kappa shape index (κ2) is 7.83. The number of rotatable bonds is 6. The molecule has 1 amide bonds. The Morgan fingerprint density at radius 1 is 1.23 bits per heavy atom. The highest BCUT2D eigenvalue weighted by Gasteiger charge is 2.14. The van der Waals surface area contributed by atoms with E-state index in [4.69, 9.17) is 9.47 Å². The first-order valence-electron chi connectivity index (χ1n) is 7.75. The molecule has 0 bridgehead atoms. The maximum absolute atomic E-state index is 12.0. The number of hydrogen-bond donors (Lipinski definition) is 1. The largest absolute Gasteiger partial charge is 0.497 e. The van der Waals surface area contributed by atoms with Crippen LogP contribution in [-0.4, -0.2) is 35.1 Å². The highest BCUT2D eigenvalue weighted by atomic mass is 32.1. The van der Waals surface area contributed by atoms with Gasteiger partial charge in [-0.2, -0.15) is 0 Å². The summed E-state index contributed by atoms with van der Waals surface area (Å²) < 4.78 is 11.8. The van der Waals surface area contributed by atoms with Gasteiger partial charge in [0.1, 0.15) is 11.4 Å². The standard InChI is InChI=1S/C18H17N3O4S/c1-21-9-3-4-15(21)17(23)25-10-16(22)20-18-19-14(11-26-18)12-5-7-13(24-2)8-6-12/h3-9,11H,10H2,1-2H3,(H,19,20,22). The number of amides is 1. The van der Waals surface area contributed by atoms with Gasteiger partial charge in [0.25, 0.3) is 5.91 Å². The van der Waals surface area contributed by atoms with E-state index in [1.54, 1.807) is 37.1 Å². The van der Waals surface area contributed by atoms with Crippen LogP contribution >= 0.6 is 11.3 Å². The van der Waals surface area contributed by atoms with Gasteiger partial charge >= 0.3 is 5.97 Å².